The lowest BCUT2D eigenvalue weighted by molar-refractivity contribution is -0.115. The fraction of sp³-hybridized carbons (Fsp3) is 0.100. The summed E-state index contributed by atoms with van der Waals surface area (Å²) in [6, 6.07) is 21.5. The standard InChI is InChI=1S/C20H17Cl2N3O/c21-17-11-16(12-24-20(17)22)25-18(26)13-23-19(14-7-3-1-4-8-14)15-9-5-2-6-10-15/h1-12,19,23H,13H2,(H,25,26). The second-order valence-corrected chi connectivity index (χ2v) is 6.45. The number of halogens is 2. The van der Waals surface area contributed by atoms with E-state index in [0.29, 0.717) is 10.7 Å². The van der Waals surface area contributed by atoms with Crippen molar-refractivity contribution < 1.29 is 4.79 Å². The van der Waals surface area contributed by atoms with Crippen LogP contribution in [0.1, 0.15) is 17.2 Å². The Morgan fingerprint density at radius 3 is 2.08 bits per heavy atom. The van der Waals surface area contributed by atoms with Gasteiger partial charge in [0, 0.05) is 0 Å². The molecule has 26 heavy (non-hydrogen) atoms. The van der Waals surface area contributed by atoms with Gasteiger partial charge in [-0.1, -0.05) is 83.9 Å². The molecule has 0 spiro atoms. The molecule has 0 aliphatic carbocycles. The molecule has 0 saturated heterocycles. The molecule has 0 saturated carbocycles. The number of nitrogens with one attached hydrogen (secondary N) is 2. The summed E-state index contributed by atoms with van der Waals surface area (Å²) >= 11 is 11.7. The molecule has 132 valence electrons. The second-order valence-electron chi connectivity index (χ2n) is 5.68. The molecular weight excluding hydrogens is 369 g/mol. The van der Waals surface area contributed by atoms with E-state index in [1.807, 2.05) is 60.7 Å². The highest BCUT2D eigenvalue weighted by Crippen LogP contribution is 2.23. The van der Waals surface area contributed by atoms with Crippen LogP contribution in [0, 0.1) is 0 Å². The van der Waals surface area contributed by atoms with E-state index in [-0.39, 0.29) is 23.6 Å². The highest BCUT2D eigenvalue weighted by atomic mass is 35.5. The van der Waals surface area contributed by atoms with Crippen LogP contribution in [0.4, 0.5) is 5.69 Å². The number of hydrogen-bond donors (Lipinski definition) is 2. The van der Waals surface area contributed by atoms with Crippen LogP contribution >= 0.6 is 23.2 Å². The molecule has 0 unspecified atom stereocenters. The van der Waals surface area contributed by atoms with E-state index in [1.54, 1.807) is 6.07 Å². The van der Waals surface area contributed by atoms with Crippen LogP contribution in [0.5, 0.6) is 0 Å². The van der Waals surface area contributed by atoms with Crippen molar-refractivity contribution >= 4 is 34.8 Å². The highest BCUT2D eigenvalue weighted by Gasteiger charge is 2.15. The Labute approximate surface area is 162 Å². The summed E-state index contributed by atoms with van der Waals surface area (Å²) in [5.74, 6) is -0.193. The average Bonchev–Trinajstić information content (AvgIpc) is 2.67. The number of anilines is 1. The van der Waals surface area contributed by atoms with Gasteiger partial charge in [-0.25, -0.2) is 4.98 Å². The van der Waals surface area contributed by atoms with Gasteiger partial charge in [0.2, 0.25) is 5.91 Å². The number of nitrogens with zero attached hydrogens (tertiary/aromatic N) is 1. The van der Waals surface area contributed by atoms with Crippen molar-refractivity contribution in [3.63, 3.8) is 0 Å². The maximum Gasteiger partial charge on any atom is 0.238 e. The van der Waals surface area contributed by atoms with Crippen molar-refractivity contribution in [1.82, 2.24) is 10.3 Å². The SMILES string of the molecule is O=C(CNC(c1ccccc1)c1ccccc1)Nc1cnc(Cl)c(Cl)c1. The summed E-state index contributed by atoms with van der Waals surface area (Å²) in [7, 11) is 0. The Bertz CT molecular complexity index is 833. The molecule has 2 N–H and O–H groups in total. The molecule has 0 bridgehead atoms. The number of amides is 1. The normalized spacial score (nSPS) is 10.7. The van der Waals surface area contributed by atoms with E-state index in [0.717, 1.165) is 11.1 Å². The predicted octanol–water partition coefficient (Wildman–Crippen LogP) is 4.71. The lowest BCUT2D eigenvalue weighted by Crippen LogP contribution is -2.31. The van der Waals surface area contributed by atoms with Gasteiger partial charge in [0.05, 0.1) is 29.5 Å². The van der Waals surface area contributed by atoms with Crippen molar-refractivity contribution in [3.8, 4) is 0 Å². The maximum atomic E-state index is 12.3. The van der Waals surface area contributed by atoms with Crippen molar-refractivity contribution in [1.29, 1.82) is 0 Å². The first-order chi connectivity index (χ1) is 12.6. The van der Waals surface area contributed by atoms with E-state index in [9.17, 15) is 4.79 Å². The van der Waals surface area contributed by atoms with E-state index >= 15 is 0 Å². The highest BCUT2D eigenvalue weighted by molar-refractivity contribution is 6.41. The summed E-state index contributed by atoms with van der Waals surface area (Å²) in [6.45, 7) is 0.134. The third kappa shape index (κ3) is 4.82. The van der Waals surface area contributed by atoms with E-state index in [2.05, 4.69) is 15.6 Å². The Kier molecular flexibility index (Phi) is 6.23. The Hall–Kier alpha value is -2.40. The molecule has 0 fully saturated rings. The number of hydrogen-bond acceptors (Lipinski definition) is 3. The first kappa shape index (κ1) is 18.4. The van der Waals surface area contributed by atoms with Crippen LogP contribution in [0.25, 0.3) is 0 Å². The van der Waals surface area contributed by atoms with Crippen LogP contribution in [0.2, 0.25) is 10.2 Å². The molecule has 0 aliphatic heterocycles. The first-order valence-corrected chi connectivity index (χ1v) is 8.83. The lowest BCUT2D eigenvalue weighted by atomic mass is 9.99. The number of benzene rings is 2. The summed E-state index contributed by atoms with van der Waals surface area (Å²) in [4.78, 5) is 16.2. The molecule has 0 atom stereocenters. The first-order valence-electron chi connectivity index (χ1n) is 8.07. The summed E-state index contributed by atoms with van der Waals surface area (Å²) < 4.78 is 0. The monoisotopic (exact) mass is 385 g/mol. The van der Waals surface area contributed by atoms with Gasteiger partial charge in [-0.3, -0.25) is 10.1 Å². The van der Waals surface area contributed by atoms with Crippen molar-refractivity contribution in [2.75, 3.05) is 11.9 Å². The van der Waals surface area contributed by atoms with E-state index in [1.165, 1.54) is 6.20 Å². The van der Waals surface area contributed by atoms with Crippen LogP contribution < -0.4 is 10.6 Å². The minimum absolute atomic E-state index is 0.0879. The average molecular weight is 386 g/mol. The summed E-state index contributed by atoms with van der Waals surface area (Å²) in [5.41, 5.74) is 2.67. The van der Waals surface area contributed by atoms with Gasteiger partial charge in [0.25, 0.3) is 0 Å². The zero-order valence-corrected chi connectivity index (χ0v) is 15.3. The maximum absolute atomic E-state index is 12.3. The fourth-order valence-corrected chi connectivity index (χ4v) is 2.88. The molecule has 0 aliphatic rings. The molecule has 1 heterocycles. The van der Waals surface area contributed by atoms with Gasteiger partial charge < -0.3 is 5.32 Å². The smallest absolute Gasteiger partial charge is 0.238 e. The molecule has 3 rings (SSSR count). The minimum atomic E-state index is -0.193. The zero-order chi connectivity index (χ0) is 18.4. The molecule has 4 nitrogen and oxygen atoms in total. The Balaban J connectivity index is 1.69. The van der Waals surface area contributed by atoms with Crippen LogP contribution in [0.15, 0.2) is 72.9 Å². The molecular formula is C20H17Cl2N3O. The molecule has 2 aromatic carbocycles. The Morgan fingerprint density at radius 2 is 1.54 bits per heavy atom. The number of carbonyl (C=O) groups excluding carboxylic acids is 1. The number of pyridine rings is 1. The molecule has 1 amide bonds. The van der Waals surface area contributed by atoms with Gasteiger partial charge in [-0.15, -0.1) is 0 Å². The largest absolute Gasteiger partial charge is 0.324 e. The summed E-state index contributed by atoms with van der Waals surface area (Å²) in [5, 5.41) is 6.57. The van der Waals surface area contributed by atoms with Gasteiger partial charge in [-0.2, -0.15) is 0 Å². The van der Waals surface area contributed by atoms with E-state index in [4.69, 9.17) is 23.2 Å². The van der Waals surface area contributed by atoms with Crippen molar-refractivity contribution in [3.05, 3.63) is 94.2 Å². The van der Waals surface area contributed by atoms with Gasteiger partial charge in [0.15, 0.2) is 0 Å². The third-order valence-corrected chi connectivity index (χ3v) is 4.50. The predicted molar refractivity (Wildman–Crippen MR) is 106 cm³/mol. The minimum Gasteiger partial charge on any atom is -0.324 e. The molecule has 0 radical (unpaired) electrons. The van der Waals surface area contributed by atoms with Crippen molar-refractivity contribution in [2.24, 2.45) is 0 Å². The quantitative estimate of drug-likeness (QED) is 0.604. The molecule has 3 aromatic rings. The van der Waals surface area contributed by atoms with Crippen molar-refractivity contribution in [2.45, 2.75) is 6.04 Å². The fourth-order valence-electron chi connectivity index (χ4n) is 2.61. The number of aromatic nitrogens is 1. The number of rotatable bonds is 6. The topological polar surface area (TPSA) is 54.0 Å². The Morgan fingerprint density at radius 1 is 0.962 bits per heavy atom. The van der Waals surface area contributed by atoms with Crippen LogP contribution in [-0.2, 0) is 4.79 Å². The van der Waals surface area contributed by atoms with E-state index < -0.39 is 0 Å². The lowest BCUT2D eigenvalue weighted by Gasteiger charge is -2.19. The second kappa shape index (κ2) is 8.81. The van der Waals surface area contributed by atoms with Gasteiger partial charge in [0.1, 0.15) is 5.15 Å². The van der Waals surface area contributed by atoms with Crippen LogP contribution in [-0.4, -0.2) is 17.4 Å². The summed E-state index contributed by atoms with van der Waals surface area (Å²) in [6.07, 6.45) is 1.47. The third-order valence-electron chi connectivity index (χ3n) is 3.81. The van der Waals surface area contributed by atoms with Crippen LogP contribution in [0.3, 0.4) is 0 Å². The van der Waals surface area contributed by atoms with Gasteiger partial charge >= 0.3 is 0 Å². The molecule has 6 heteroatoms. The zero-order valence-electron chi connectivity index (χ0n) is 13.8. The number of carbonyl (C=O) groups is 1. The van der Waals surface area contributed by atoms with Gasteiger partial charge in [-0.05, 0) is 17.2 Å². The molecule has 1 aromatic heterocycles.